The maximum Gasteiger partial charge on any atom is 0.313 e. The number of esters is 2. The lowest BCUT2D eigenvalue weighted by atomic mass is 9.55. The van der Waals surface area contributed by atoms with Crippen LogP contribution in [-0.4, -0.2) is 25.2 Å². The molecule has 40 heavy (non-hydrogen) atoms. The van der Waals surface area contributed by atoms with Crippen LogP contribution in [0.4, 0.5) is 0 Å². The molecular formula is C36H50O4. The fourth-order valence-electron chi connectivity index (χ4n) is 7.35. The van der Waals surface area contributed by atoms with Gasteiger partial charge in [0, 0.05) is 0 Å². The number of rotatable bonds is 13. The summed E-state index contributed by atoms with van der Waals surface area (Å²) < 4.78 is 12.5. The van der Waals surface area contributed by atoms with Crippen LogP contribution in [0.3, 0.4) is 0 Å². The van der Waals surface area contributed by atoms with E-state index in [1.54, 1.807) is 0 Å². The van der Waals surface area contributed by atoms with Gasteiger partial charge in [0.2, 0.25) is 0 Å². The summed E-state index contributed by atoms with van der Waals surface area (Å²) in [7, 11) is 0. The summed E-state index contributed by atoms with van der Waals surface area (Å²) in [6.07, 6.45) is 13.7. The average molecular weight is 547 g/mol. The van der Waals surface area contributed by atoms with Crippen LogP contribution in [0.5, 0.6) is 0 Å². The molecule has 0 aromatic heterocycles. The van der Waals surface area contributed by atoms with Gasteiger partial charge in [-0.1, -0.05) is 113 Å². The van der Waals surface area contributed by atoms with Gasteiger partial charge < -0.3 is 9.47 Å². The molecule has 4 nitrogen and oxygen atoms in total. The predicted molar refractivity (Wildman–Crippen MR) is 161 cm³/mol. The van der Waals surface area contributed by atoms with Gasteiger partial charge in [0.25, 0.3) is 0 Å². The van der Waals surface area contributed by atoms with Crippen LogP contribution >= 0.6 is 0 Å². The second-order valence-electron chi connectivity index (χ2n) is 12.4. The summed E-state index contributed by atoms with van der Waals surface area (Å²) in [5.74, 6) is 0.341. The van der Waals surface area contributed by atoms with E-state index in [4.69, 9.17) is 9.47 Å². The van der Waals surface area contributed by atoms with Crippen LogP contribution in [-0.2, 0) is 31.9 Å². The number of ether oxygens (including phenoxy) is 2. The van der Waals surface area contributed by atoms with E-state index in [1.807, 2.05) is 36.4 Å². The second-order valence-corrected chi connectivity index (χ2v) is 12.4. The van der Waals surface area contributed by atoms with Crippen molar-refractivity contribution >= 4 is 11.9 Å². The van der Waals surface area contributed by atoms with Crippen molar-refractivity contribution in [1.29, 1.82) is 0 Å². The molecule has 0 bridgehead atoms. The van der Waals surface area contributed by atoms with Gasteiger partial charge in [0.1, 0.15) is 0 Å². The molecule has 0 saturated heterocycles. The van der Waals surface area contributed by atoms with Crippen molar-refractivity contribution in [3.05, 3.63) is 71.8 Å². The van der Waals surface area contributed by atoms with Crippen molar-refractivity contribution in [1.82, 2.24) is 0 Å². The maximum absolute atomic E-state index is 14.5. The molecule has 2 aliphatic rings. The first-order valence-electron chi connectivity index (χ1n) is 16.0. The van der Waals surface area contributed by atoms with Crippen LogP contribution in [0.15, 0.2) is 60.7 Å². The lowest BCUT2D eigenvalue weighted by Crippen LogP contribution is -2.56. The molecule has 0 aliphatic heterocycles. The Labute approximate surface area is 242 Å². The molecule has 0 heterocycles. The largest absolute Gasteiger partial charge is 0.465 e. The molecule has 0 amide bonds. The molecule has 2 aromatic rings. The quantitative estimate of drug-likeness (QED) is 0.236. The van der Waals surface area contributed by atoms with Crippen molar-refractivity contribution in [2.75, 3.05) is 13.2 Å². The molecule has 0 spiro atoms. The van der Waals surface area contributed by atoms with Gasteiger partial charge in [-0.25, -0.2) is 0 Å². The van der Waals surface area contributed by atoms with Crippen LogP contribution in [0.2, 0.25) is 0 Å². The highest BCUT2D eigenvalue weighted by atomic mass is 16.5. The van der Waals surface area contributed by atoms with Gasteiger partial charge in [-0.2, -0.15) is 0 Å². The molecule has 2 fully saturated rings. The van der Waals surface area contributed by atoms with Crippen LogP contribution in [0, 0.1) is 22.7 Å². The second kappa shape index (κ2) is 14.8. The molecule has 2 aromatic carbocycles. The van der Waals surface area contributed by atoms with Gasteiger partial charge in [-0.05, 0) is 74.3 Å². The molecular weight excluding hydrogens is 496 g/mol. The average Bonchev–Trinajstić information content (AvgIpc) is 3.02. The van der Waals surface area contributed by atoms with Gasteiger partial charge >= 0.3 is 11.9 Å². The Morgan fingerprint density at radius 1 is 0.600 bits per heavy atom. The minimum Gasteiger partial charge on any atom is -0.465 e. The van der Waals surface area contributed by atoms with E-state index < -0.39 is 10.8 Å². The SMILES string of the molecule is CCC(Cc1ccccc1)(C(=O)OCC1CCCCC1)C(CC)(Cc1ccccc1)C(=O)OCC1CCCCC1. The first kappa shape index (κ1) is 30.3. The number of carbonyl (C=O) groups excluding carboxylic acids is 2. The van der Waals surface area contributed by atoms with Crippen LogP contribution in [0.25, 0.3) is 0 Å². The molecule has 4 heteroatoms. The highest BCUT2D eigenvalue weighted by Gasteiger charge is 2.60. The van der Waals surface area contributed by atoms with Crippen molar-refractivity contribution in [2.45, 2.75) is 104 Å². The summed E-state index contributed by atoms with van der Waals surface area (Å²) in [5, 5.41) is 0. The Morgan fingerprint density at radius 3 is 1.27 bits per heavy atom. The lowest BCUT2D eigenvalue weighted by molar-refractivity contribution is -0.185. The van der Waals surface area contributed by atoms with E-state index in [0.717, 1.165) is 36.8 Å². The number of hydrogen-bond acceptors (Lipinski definition) is 4. The summed E-state index contributed by atoms with van der Waals surface area (Å²) >= 11 is 0. The standard InChI is InChI=1S/C36H50O4/c1-3-35(25-29-17-9-5-10-18-29,33(37)39-27-31-21-13-7-14-22-31)36(4-2,26-30-19-11-6-12-20-30)34(38)40-28-32-23-15-8-16-24-32/h5-6,9-12,17-20,31-32H,3-4,7-8,13-16,21-28H2,1-2H3. The number of benzene rings is 2. The highest BCUT2D eigenvalue weighted by molar-refractivity contribution is 5.89. The molecule has 2 unspecified atom stereocenters. The zero-order valence-electron chi connectivity index (χ0n) is 24.9. The van der Waals surface area contributed by atoms with Crippen molar-refractivity contribution in [2.24, 2.45) is 22.7 Å². The Morgan fingerprint density at radius 2 is 0.950 bits per heavy atom. The van der Waals surface area contributed by atoms with E-state index in [0.29, 0.717) is 50.7 Å². The number of hydrogen-bond donors (Lipinski definition) is 0. The van der Waals surface area contributed by atoms with Crippen LogP contribution in [0.1, 0.15) is 102 Å². The molecule has 2 saturated carbocycles. The molecule has 0 N–H and O–H groups in total. The smallest absolute Gasteiger partial charge is 0.313 e. The van der Waals surface area contributed by atoms with Gasteiger partial charge in [0.05, 0.1) is 24.0 Å². The third-order valence-electron chi connectivity index (χ3n) is 9.95. The first-order chi connectivity index (χ1) is 19.5. The predicted octanol–water partition coefficient (Wildman–Crippen LogP) is 8.51. The van der Waals surface area contributed by atoms with E-state index >= 15 is 0 Å². The normalized spacial score (nSPS) is 19.8. The van der Waals surface area contributed by atoms with E-state index in [9.17, 15) is 9.59 Å². The van der Waals surface area contributed by atoms with Crippen molar-refractivity contribution < 1.29 is 19.1 Å². The molecule has 4 rings (SSSR count). The summed E-state index contributed by atoms with van der Waals surface area (Å²) in [6.45, 7) is 4.98. The fourth-order valence-corrected chi connectivity index (χ4v) is 7.35. The Bertz CT molecular complexity index is 953. The number of carbonyl (C=O) groups is 2. The summed E-state index contributed by atoms with van der Waals surface area (Å²) in [6, 6.07) is 20.3. The third-order valence-corrected chi connectivity index (χ3v) is 9.95. The van der Waals surface area contributed by atoms with E-state index in [2.05, 4.69) is 38.1 Å². The Hall–Kier alpha value is -2.62. The summed E-state index contributed by atoms with van der Waals surface area (Å²) in [5.41, 5.74) is 0.00370. The van der Waals surface area contributed by atoms with Crippen molar-refractivity contribution in [3.63, 3.8) is 0 Å². The lowest BCUT2D eigenvalue weighted by Gasteiger charge is -2.47. The zero-order valence-corrected chi connectivity index (χ0v) is 24.9. The zero-order chi connectivity index (χ0) is 28.3. The molecule has 2 aliphatic carbocycles. The van der Waals surface area contributed by atoms with Gasteiger partial charge in [-0.15, -0.1) is 0 Å². The van der Waals surface area contributed by atoms with E-state index in [1.165, 1.54) is 38.5 Å². The third kappa shape index (κ3) is 7.17. The van der Waals surface area contributed by atoms with Crippen LogP contribution < -0.4 is 0 Å². The molecule has 218 valence electrons. The topological polar surface area (TPSA) is 52.6 Å². The monoisotopic (exact) mass is 546 g/mol. The van der Waals surface area contributed by atoms with Crippen molar-refractivity contribution in [3.8, 4) is 0 Å². The summed E-state index contributed by atoms with van der Waals surface area (Å²) in [4.78, 5) is 29.0. The Kier molecular flexibility index (Phi) is 11.3. The minimum atomic E-state index is -1.04. The molecule has 2 atom stereocenters. The van der Waals surface area contributed by atoms with Gasteiger partial charge in [0.15, 0.2) is 0 Å². The Balaban J connectivity index is 1.72. The minimum absolute atomic E-state index is 0.239. The first-order valence-corrected chi connectivity index (χ1v) is 16.0. The highest BCUT2D eigenvalue weighted by Crippen LogP contribution is 2.52. The fraction of sp³-hybridized carbons (Fsp3) is 0.611. The van der Waals surface area contributed by atoms with Gasteiger partial charge in [-0.3, -0.25) is 9.59 Å². The maximum atomic E-state index is 14.5. The van der Waals surface area contributed by atoms with E-state index in [-0.39, 0.29) is 11.9 Å². The molecule has 0 radical (unpaired) electrons.